The van der Waals surface area contributed by atoms with Gasteiger partial charge in [0.2, 0.25) is 5.91 Å². The van der Waals surface area contributed by atoms with Crippen LogP contribution in [0, 0.1) is 17.2 Å². The molecular weight excluding hydrogens is 600 g/mol. The van der Waals surface area contributed by atoms with E-state index in [-0.39, 0.29) is 5.91 Å². The molecule has 1 aromatic heterocycles. The number of ether oxygens (including phenoxy) is 2. The van der Waals surface area contributed by atoms with Crippen molar-refractivity contribution in [3.8, 4) is 17.6 Å². The Morgan fingerprint density at radius 2 is 1.77 bits per heavy atom. The average Bonchev–Trinajstić information content (AvgIpc) is 3.08. The lowest BCUT2D eigenvalue weighted by atomic mass is 9.77. The Morgan fingerprint density at radius 3 is 2.42 bits per heavy atom. The molecule has 3 aromatic rings. The highest BCUT2D eigenvalue weighted by atomic mass is 16.5. The summed E-state index contributed by atoms with van der Waals surface area (Å²) in [7, 11) is 3.99. The van der Waals surface area contributed by atoms with Gasteiger partial charge in [-0.1, -0.05) is 44.9 Å². The van der Waals surface area contributed by atoms with E-state index in [9.17, 15) is 10.1 Å². The molecule has 9 nitrogen and oxygen atoms in total. The van der Waals surface area contributed by atoms with Crippen molar-refractivity contribution < 1.29 is 14.3 Å². The van der Waals surface area contributed by atoms with E-state index < -0.39 is 0 Å². The monoisotopic (exact) mass is 654 g/mol. The maximum Gasteiger partial charge on any atom is 0.224 e. The number of carbonyl (C=O) groups excluding carboxylic acids is 1. The minimum atomic E-state index is -0.0826. The van der Waals surface area contributed by atoms with Crippen molar-refractivity contribution in [2.75, 3.05) is 51.0 Å². The van der Waals surface area contributed by atoms with E-state index in [0.29, 0.717) is 59.3 Å². The molecule has 2 heterocycles. The van der Waals surface area contributed by atoms with E-state index in [4.69, 9.17) is 9.47 Å². The molecule has 1 atom stereocenters. The van der Waals surface area contributed by atoms with E-state index in [0.717, 1.165) is 36.3 Å². The Balaban J connectivity index is 1.23. The summed E-state index contributed by atoms with van der Waals surface area (Å²) in [5, 5.41) is 21.1. The Morgan fingerprint density at radius 1 is 1.04 bits per heavy atom. The molecule has 5 rings (SSSR count). The molecule has 2 fully saturated rings. The van der Waals surface area contributed by atoms with Crippen LogP contribution in [0.5, 0.6) is 11.5 Å². The lowest BCUT2D eigenvalue weighted by Crippen LogP contribution is -2.52. The summed E-state index contributed by atoms with van der Waals surface area (Å²) in [4.78, 5) is 19.4. The SMILES string of the molecule is CCOc1cc2ncc(C#N)c(Nc3ccc(OCC4CCC5(CCCCCCCCC5)NC4)cc3)c2cc1NC(=O)CCCN(C)C. The number of hydrogen-bond donors (Lipinski definition) is 3. The number of fused-ring (bicyclic) bond motifs is 1. The maximum absolute atomic E-state index is 12.8. The van der Waals surface area contributed by atoms with Crippen LogP contribution < -0.4 is 25.4 Å². The smallest absolute Gasteiger partial charge is 0.224 e. The number of rotatable bonds is 12. The molecule has 0 radical (unpaired) electrons. The summed E-state index contributed by atoms with van der Waals surface area (Å²) >= 11 is 0. The van der Waals surface area contributed by atoms with Crippen LogP contribution in [0.2, 0.25) is 0 Å². The summed E-state index contributed by atoms with van der Waals surface area (Å²) in [6.07, 6.45) is 17.5. The first-order chi connectivity index (χ1) is 23.4. The molecular formula is C39H54N6O3. The number of aromatic nitrogens is 1. The molecule has 1 aliphatic carbocycles. The standard InChI is InChI=1S/C39H54N6O3/c1-4-47-36-24-34-33(23-35(36)44-37(46)13-12-22-45(2)3)38(30(25-40)27-41-34)43-31-14-16-32(17-15-31)48-28-29-18-21-39(42-26-29)19-10-8-6-5-7-9-11-20-39/h14-17,23-24,27,29,42H,4-13,18-22,26,28H2,1-3H3,(H,41,43)(H,44,46). The summed E-state index contributed by atoms with van der Waals surface area (Å²) < 4.78 is 12.1. The van der Waals surface area contributed by atoms with Crippen LogP contribution in [0.3, 0.4) is 0 Å². The molecule has 9 heteroatoms. The lowest BCUT2D eigenvalue weighted by molar-refractivity contribution is -0.116. The van der Waals surface area contributed by atoms with Crippen LogP contribution in [0.1, 0.15) is 96.0 Å². The van der Waals surface area contributed by atoms with Crippen LogP contribution in [0.4, 0.5) is 17.1 Å². The molecule has 0 bridgehead atoms. The first-order valence-corrected chi connectivity index (χ1v) is 18.1. The highest BCUT2D eigenvalue weighted by Crippen LogP contribution is 2.37. The highest BCUT2D eigenvalue weighted by molar-refractivity contribution is 6.02. The van der Waals surface area contributed by atoms with Crippen LogP contribution >= 0.6 is 0 Å². The van der Waals surface area contributed by atoms with E-state index in [1.54, 1.807) is 6.20 Å². The van der Waals surface area contributed by atoms with Gasteiger partial charge in [-0.05, 0) is 90.0 Å². The second-order valence-corrected chi connectivity index (χ2v) is 13.9. The van der Waals surface area contributed by atoms with Gasteiger partial charge in [0.1, 0.15) is 17.6 Å². The van der Waals surface area contributed by atoms with E-state index in [2.05, 4.69) is 31.9 Å². The summed E-state index contributed by atoms with van der Waals surface area (Å²) in [5.41, 5.74) is 3.43. The first kappa shape index (κ1) is 35.4. The van der Waals surface area contributed by atoms with Gasteiger partial charge in [0, 0.05) is 47.8 Å². The average molecular weight is 655 g/mol. The van der Waals surface area contributed by atoms with Crippen molar-refractivity contribution >= 4 is 33.9 Å². The first-order valence-electron chi connectivity index (χ1n) is 18.1. The van der Waals surface area contributed by atoms with E-state index in [1.807, 2.05) is 57.4 Å². The fourth-order valence-electron chi connectivity index (χ4n) is 7.11. The molecule has 1 saturated heterocycles. The van der Waals surface area contributed by atoms with Gasteiger partial charge in [0.25, 0.3) is 0 Å². The molecule has 2 aliphatic rings. The summed E-state index contributed by atoms with van der Waals surface area (Å²) in [6, 6.07) is 13.8. The predicted octanol–water partition coefficient (Wildman–Crippen LogP) is 8.17. The number of nitrogens with zero attached hydrogens (tertiary/aromatic N) is 3. The Bertz CT molecular complexity index is 1510. The van der Waals surface area contributed by atoms with Crippen molar-refractivity contribution in [3.63, 3.8) is 0 Å². The number of nitrogens with one attached hydrogen (secondary N) is 3. The summed E-state index contributed by atoms with van der Waals surface area (Å²) in [5.74, 6) is 1.81. The van der Waals surface area contributed by atoms with Gasteiger partial charge in [-0.2, -0.15) is 5.26 Å². The second-order valence-electron chi connectivity index (χ2n) is 13.9. The molecule has 258 valence electrons. The Labute approximate surface area is 286 Å². The van der Waals surface area contributed by atoms with Gasteiger partial charge in [-0.3, -0.25) is 9.78 Å². The van der Waals surface area contributed by atoms with Crippen LogP contribution in [0.15, 0.2) is 42.6 Å². The fraction of sp³-hybridized carbons (Fsp3) is 0.564. The third kappa shape index (κ3) is 9.83. The molecule has 1 amide bonds. The molecule has 1 unspecified atom stereocenters. The zero-order valence-corrected chi connectivity index (χ0v) is 29.2. The number of carbonyl (C=O) groups is 1. The Kier molecular flexibility index (Phi) is 12.9. The molecule has 1 aliphatic heterocycles. The van der Waals surface area contributed by atoms with Crippen LogP contribution in [-0.4, -0.2) is 61.7 Å². The number of pyridine rings is 1. The van der Waals surface area contributed by atoms with Crippen LogP contribution in [-0.2, 0) is 4.79 Å². The highest BCUT2D eigenvalue weighted by Gasteiger charge is 2.34. The van der Waals surface area contributed by atoms with Crippen molar-refractivity contribution in [1.82, 2.24) is 15.2 Å². The van der Waals surface area contributed by atoms with Crippen LogP contribution in [0.25, 0.3) is 10.9 Å². The maximum atomic E-state index is 12.8. The third-order valence-corrected chi connectivity index (χ3v) is 9.89. The molecule has 1 spiro atoms. The van der Waals surface area contributed by atoms with Crippen molar-refractivity contribution in [2.24, 2.45) is 5.92 Å². The molecule has 2 aromatic carbocycles. The van der Waals surface area contributed by atoms with Crippen molar-refractivity contribution in [1.29, 1.82) is 5.26 Å². The van der Waals surface area contributed by atoms with Gasteiger partial charge in [0.15, 0.2) is 0 Å². The third-order valence-electron chi connectivity index (χ3n) is 9.89. The minimum Gasteiger partial charge on any atom is -0.493 e. The molecule has 3 N–H and O–H groups in total. The number of hydrogen-bond acceptors (Lipinski definition) is 8. The normalized spacial score (nSPS) is 18.3. The largest absolute Gasteiger partial charge is 0.493 e. The van der Waals surface area contributed by atoms with Gasteiger partial charge in [0.05, 0.1) is 35.7 Å². The fourth-order valence-corrected chi connectivity index (χ4v) is 7.11. The number of nitriles is 1. The van der Waals surface area contributed by atoms with Gasteiger partial charge in [-0.15, -0.1) is 0 Å². The molecule has 1 saturated carbocycles. The predicted molar refractivity (Wildman–Crippen MR) is 194 cm³/mol. The zero-order chi connectivity index (χ0) is 33.8. The van der Waals surface area contributed by atoms with E-state index >= 15 is 0 Å². The quantitative estimate of drug-likeness (QED) is 0.179. The van der Waals surface area contributed by atoms with E-state index in [1.165, 1.54) is 70.6 Å². The van der Waals surface area contributed by atoms with Gasteiger partial charge >= 0.3 is 0 Å². The number of anilines is 3. The van der Waals surface area contributed by atoms with Crippen molar-refractivity contribution in [3.05, 3.63) is 48.2 Å². The van der Waals surface area contributed by atoms with Crippen molar-refractivity contribution in [2.45, 2.75) is 95.9 Å². The number of amides is 1. The van der Waals surface area contributed by atoms with Gasteiger partial charge < -0.3 is 30.3 Å². The summed E-state index contributed by atoms with van der Waals surface area (Å²) in [6.45, 7) is 4.91. The second kappa shape index (κ2) is 17.5. The topological polar surface area (TPSA) is 112 Å². The minimum absolute atomic E-state index is 0.0826. The number of piperidine rings is 1. The lowest BCUT2D eigenvalue weighted by Gasteiger charge is -2.42. The zero-order valence-electron chi connectivity index (χ0n) is 29.2. The van der Waals surface area contributed by atoms with Gasteiger partial charge in [-0.25, -0.2) is 0 Å². The number of benzene rings is 2. The molecule has 48 heavy (non-hydrogen) atoms. The Hall–Kier alpha value is -3.87.